The minimum Gasteiger partial charge on any atom is -0.318 e. The van der Waals surface area contributed by atoms with Crippen LogP contribution >= 0.6 is 12.4 Å². The minimum absolute atomic E-state index is 0. The van der Waals surface area contributed by atoms with Crippen molar-refractivity contribution in [2.45, 2.75) is 12.5 Å². The van der Waals surface area contributed by atoms with Crippen LogP contribution < -0.4 is 5.73 Å². The Labute approximate surface area is 75.2 Å². The maximum Gasteiger partial charge on any atom is 0.259 e. The van der Waals surface area contributed by atoms with Gasteiger partial charge < -0.3 is 5.73 Å². The number of halogens is 3. The van der Waals surface area contributed by atoms with Crippen LogP contribution in [0.2, 0.25) is 0 Å². The van der Waals surface area contributed by atoms with Gasteiger partial charge in [-0.05, 0) is 12.1 Å². The Balaban J connectivity index is 0.00000121. The van der Waals surface area contributed by atoms with Gasteiger partial charge >= 0.3 is 0 Å². The van der Waals surface area contributed by atoms with Gasteiger partial charge in [-0.2, -0.15) is 0 Å². The van der Waals surface area contributed by atoms with Crippen molar-refractivity contribution < 1.29 is 8.78 Å². The van der Waals surface area contributed by atoms with Gasteiger partial charge in [-0.15, -0.1) is 12.4 Å². The van der Waals surface area contributed by atoms with Gasteiger partial charge in [0.2, 0.25) is 0 Å². The van der Waals surface area contributed by atoms with E-state index in [1.54, 1.807) is 12.1 Å². The highest BCUT2D eigenvalue weighted by atomic mass is 35.5. The summed E-state index contributed by atoms with van der Waals surface area (Å²) in [6.45, 7) is 0. The lowest BCUT2D eigenvalue weighted by Gasteiger charge is -2.07. The first-order valence-electron chi connectivity index (χ1n) is 3.16. The summed E-state index contributed by atoms with van der Waals surface area (Å²) in [4.78, 5) is 3.69. The predicted octanol–water partition coefficient (Wildman–Crippen LogP) is 1.77. The Hall–Kier alpha value is -0.740. The lowest BCUT2D eigenvalue weighted by molar-refractivity contribution is 0.114. The Morgan fingerprint density at radius 1 is 1.33 bits per heavy atom. The topological polar surface area (TPSA) is 38.9 Å². The summed E-state index contributed by atoms with van der Waals surface area (Å²) >= 11 is 0. The van der Waals surface area contributed by atoms with Crippen molar-refractivity contribution in [3.8, 4) is 0 Å². The van der Waals surface area contributed by atoms with Crippen LogP contribution in [0.3, 0.4) is 0 Å². The largest absolute Gasteiger partial charge is 0.318 e. The van der Waals surface area contributed by atoms with E-state index in [1.807, 2.05) is 0 Å². The fourth-order valence-electron chi connectivity index (χ4n) is 0.702. The molecule has 0 aliphatic rings. The molecule has 0 radical (unpaired) electrons. The predicted molar refractivity (Wildman–Crippen MR) is 44.4 cm³/mol. The van der Waals surface area contributed by atoms with Gasteiger partial charge in [-0.25, -0.2) is 8.78 Å². The van der Waals surface area contributed by atoms with Gasteiger partial charge in [0.25, 0.3) is 6.43 Å². The highest BCUT2D eigenvalue weighted by molar-refractivity contribution is 5.85. The lowest BCUT2D eigenvalue weighted by Crippen LogP contribution is -2.19. The molecule has 12 heavy (non-hydrogen) atoms. The number of hydrogen-bond acceptors (Lipinski definition) is 2. The Kier molecular flexibility index (Phi) is 4.70. The van der Waals surface area contributed by atoms with E-state index < -0.39 is 12.5 Å². The number of nitrogens with zero attached hydrogens (tertiary/aromatic N) is 1. The van der Waals surface area contributed by atoms with Crippen LogP contribution in [0.15, 0.2) is 24.4 Å². The molecule has 0 aliphatic carbocycles. The van der Waals surface area contributed by atoms with Crippen LogP contribution in [-0.2, 0) is 0 Å². The van der Waals surface area contributed by atoms with E-state index in [1.165, 1.54) is 12.3 Å². The van der Waals surface area contributed by atoms with Crippen LogP contribution in [0.5, 0.6) is 0 Å². The zero-order chi connectivity index (χ0) is 8.27. The molecule has 0 saturated carbocycles. The summed E-state index contributed by atoms with van der Waals surface area (Å²) in [5.74, 6) is 0. The standard InChI is InChI=1S/C7H8F2N2.ClH/c8-7(9)6(10)5-3-1-2-4-11-5;/h1-4,6-7H,10H2;1H/t6-;/m1./s1. The molecule has 0 spiro atoms. The van der Waals surface area contributed by atoms with Crippen LogP contribution in [0.1, 0.15) is 11.7 Å². The van der Waals surface area contributed by atoms with Gasteiger partial charge in [0, 0.05) is 6.20 Å². The number of pyridine rings is 1. The molecule has 0 aliphatic heterocycles. The third-order valence-electron chi connectivity index (χ3n) is 1.30. The third kappa shape index (κ3) is 2.71. The van der Waals surface area contributed by atoms with Crippen molar-refractivity contribution in [3.63, 3.8) is 0 Å². The fourth-order valence-corrected chi connectivity index (χ4v) is 0.702. The molecule has 5 heteroatoms. The van der Waals surface area contributed by atoms with Crippen LogP contribution in [0.4, 0.5) is 8.78 Å². The average Bonchev–Trinajstić information content (AvgIpc) is 2.05. The summed E-state index contributed by atoms with van der Waals surface area (Å²) in [5.41, 5.74) is 5.35. The van der Waals surface area contributed by atoms with Crippen molar-refractivity contribution in [1.29, 1.82) is 0 Å². The average molecular weight is 195 g/mol. The highest BCUT2D eigenvalue weighted by Gasteiger charge is 2.17. The van der Waals surface area contributed by atoms with Crippen molar-refractivity contribution >= 4 is 12.4 Å². The molecule has 0 bridgehead atoms. The van der Waals surface area contributed by atoms with Crippen molar-refractivity contribution in [2.24, 2.45) is 5.73 Å². The van der Waals surface area contributed by atoms with E-state index in [9.17, 15) is 8.78 Å². The summed E-state index contributed by atoms with van der Waals surface area (Å²) in [5, 5.41) is 0. The molecular weight excluding hydrogens is 186 g/mol. The Morgan fingerprint density at radius 2 is 2.00 bits per heavy atom. The number of alkyl halides is 2. The zero-order valence-electron chi connectivity index (χ0n) is 6.15. The molecule has 1 atom stereocenters. The normalized spacial score (nSPS) is 12.3. The highest BCUT2D eigenvalue weighted by Crippen LogP contribution is 2.14. The van der Waals surface area contributed by atoms with Crippen molar-refractivity contribution in [2.75, 3.05) is 0 Å². The number of rotatable bonds is 2. The second-order valence-corrected chi connectivity index (χ2v) is 2.11. The van der Waals surface area contributed by atoms with Crippen LogP contribution in [0.25, 0.3) is 0 Å². The first kappa shape index (κ1) is 11.3. The molecule has 0 fully saturated rings. The smallest absolute Gasteiger partial charge is 0.259 e. The molecule has 0 saturated heterocycles. The minimum atomic E-state index is -2.55. The van der Waals surface area contributed by atoms with Crippen LogP contribution in [0, 0.1) is 0 Å². The van der Waals surface area contributed by atoms with Gasteiger partial charge in [-0.1, -0.05) is 6.07 Å². The summed E-state index contributed by atoms with van der Waals surface area (Å²) in [7, 11) is 0. The van der Waals surface area contributed by atoms with Crippen molar-refractivity contribution in [3.05, 3.63) is 30.1 Å². The molecule has 68 valence electrons. The Bertz CT molecular complexity index is 218. The molecule has 1 aromatic rings. The van der Waals surface area contributed by atoms with Gasteiger partial charge in [0.15, 0.2) is 0 Å². The molecule has 1 aromatic heterocycles. The molecule has 0 amide bonds. The third-order valence-corrected chi connectivity index (χ3v) is 1.30. The van der Waals surface area contributed by atoms with E-state index in [-0.39, 0.29) is 18.1 Å². The number of aromatic nitrogens is 1. The maximum atomic E-state index is 11.9. The van der Waals surface area contributed by atoms with Gasteiger partial charge in [0.05, 0.1) is 5.69 Å². The molecule has 1 rings (SSSR count). The van der Waals surface area contributed by atoms with E-state index in [4.69, 9.17) is 5.73 Å². The molecular formula is C7H9ClF2N2. The molecule has 1 heterocycles. The number of hydrogen-bond donors (Lipinski definition) is 1. The molecule has 2 nitrogen and oxygen atoms in total. The van der Waals surface area contributed by atoms with E-state index in [0.29, 0.717) is 0 Å². The zero-order valence-corrected chi connectivity index (χ0v) is 6.97. The van der Waals surface area contributed by atoms with Gasteiger partial charge in [-0.3, -0.25) is 4.98 Å². The Morgan fingerprint density at radius 3 is 2.42 bits per heavy atom. The lowest BCUT2D eigenvalue weighted by atomic mass is 10.2. The molecule has 0 aromatic carbocycles. The fraction of sp³-hybridized carbons (Fsp3) is 0.286. The first-order chi connectivity index (χ1) is 5.22. The first-order valence-corrected chi connectivity index (χ1v) is 3.16. The SMILES string of the molecule is Cl.N[C@H](c1ccccn1)C(F)F. The van der Waals surface area contributed by atoms with Crippen molar-refractivity contribution in [1.82, 2.24) is 4.98 Å². The number of nitrogens with two attached hydrogens (primary N) is 1. The van der Waals surface area contributed by atoms with Crippen LogP contribution in [-0.4, -0.2) is 11.4 Å². The van der Waals surface area contributed by atoms with Gasteiger partial charge in [0.1, 0.15) is 6.04 Å². The second kappa shape index (κ2) is 5.00. The quantitative estimate of drug-likeness (QED) is 0.780. The summed E-state index contributed by atoms with van der Waals surface area (Å²) < 4.78 is 23.9. The molecule has 0 unspecified atom stereocenters. The summed E-state index contributed by atoms with van der Waals surface area (Å²) in [6, 6.07) is 3.50. The van der Waals surface area contributed by atoms with E-state index in [0.717, 1.165) is 0 Å². The molecule has 2 N–H and O–H groups in total. The van der Waals surface area contributed by atoms with E-state index >= 15 is 0 Å². The monoisotopic (exact) mass is 194 g/mol. The summed E-state index contributed by atoms with van der Waals surface area (Å²) in [6.07, 6.45) is -1.11. The maximum absolute atomic E-state index is 11.9. The second-order valence-electron chi connectivity index (χ2n) is 2.11. The van der Waals surface area contributed by atoms with E-state index in [2.05, 4.69) is 4.98 Å².